The molecule has 1 aromatic carbocycles. The number of nitrogen functional groups attached to an aromatic ring is 1. The molecule has 0 aliphatic heterocycles. The topological polar surface area (TPSA) is 43.8 Å². The summed E-state index contributed by atoms with van der Waals surface area (Å²) in [6, 6.07) is 7.89. The Morgan fingerprint density at radius 3 is 2.39 bits per heavy atom. The molecule has 0 amide bonds. The second-order valence-electron chi connectivity index (χ2n) is 5.92. The van der Waals surface area contributed by atoms with E-state index in [1.165, 1.54) is 0 Å². The van der Waals surface area contributed by atoms with Gasteiger partial charge in [0.1, 0.15) is 0 Å². The number of aryl methyl sites for hydroxylation is 1. The average molecular weight is 243 g/mol. The molecule has 0 bridgehead atoms. The molecule has 0 radical (unpaired) electrons. The minimum atomic E-state index is 0.341. The first-order valence-electron chi connectivity index (χ1n) is 6.32. The number of benzene rings is 1. The lowest BCUT2D eigenvalue weighted by Gasteiger charge is -2.17. The summed E-state index contributed by atoms with van der Waals surface area (Å²) in [5.41, 5.74) is 9.12. The highest BCUT2D eigenvalue weighted by molar-refractivity contribution is 5.63. The molecule has 96 valence electrons. The molecule has 0 saturated heterocycles. The monoisotopic (exact) mass is 243 g/mol. The van der Waals surface area contributed by atoms with E-state index in [9.17, 15) is 0 Å². The summed E-state index contributed by atoms with van der Waals surface area (Å²) >= 11 is 0. The smallest absolute Gasteiger partial charge is 0.0568 e. The largest absolute Gasteiger partial charge is 0.399 e. The first kappa shape index (κ1) is 12.7. The van der Waals surface area contributed by atoms with Gasteiger partial charge in [0.25, 0.3) is 0 Å². The third-order valence-corrected chi connectivity index (χ3v) is 2.97. The van der Waals surface area contributed by atoms with Crippen molar-refractivity contribution in [2.75, 3.05) is 5.73 Å². The Morgan fingerprint density at radius 2 is 1.78 bits per heavy atom. The first-order chi connectivity index (χ1) is 8.44. The van der Waals surface area contributed by atoms with Crippen LogP contribution in [0.5, 0.6) is 0 Å². The van der Waals surface area contributed by atoms with Gasteiger partial charge in [-0.25, -0.2) is 0 Å². The zero-order valence-corrected chi connectivity index (χ0v) is 11.4. The highest BCUT2D eigenvalue weighted by Crippen LogP contribution is 2.22. The van der Waals surface area contributed by atoms with Crippen LogP contribution < -0.4 is 5.73 Å². The first-order valence-corrected chi connectivity index (χ1v) is 6.32. The molecule has 0 atom stereocenters. The van der Waals surface area contributed by atoms with Gasteiger partial charge < -0.3 is 5.73 Å². The fraction of sp³-hybridized carbons (Fsp3) is 0.400. The molecule has 2 N–H and O–H groups in total. The molecule has 0 aliphatic rings. The van der Waals surface area contributed by atoms with Gasteiger partial charge in [-0.2, -0.15) is 5.10 Å². The highest BCUT2D eigenvalue weighted by atomic mass is 15.3. The van der Waals surface area contributed by atoms with E-state index in [4.69, 9.17) is 5.73 Å². The molecular formula is C15H21N3. The van der Waals surface area contributed by atoms with Crippen molar-refractivity contribution in [3.63, 3.8) is 0 Å². The summed E-state index contributed by atoms with van der Waals surface area (Å²) in [7, 11) is 0. The summed E-state index contributed by atoms with van der Waals surface area (Å²) in [5, 5.41) is 4.40. The Morgan fingerprint density at radius 1 is 1.11 bits per heavy atom. The second-order valence-corrected chi connectivity index (χ2v) is 5.92. The quantitative estimate of drug-likeness (QED) is 0.837. The van der Waals surface area contributed by atoms with Crippen molar-refractivity contribution in [3.05, 3.63) is 36.7 Å². The Bertz CT molecular complexity index is 503. The molecule has 3 nitrogen and oxygen atoms in total. The maximum Gasteiger partial charge on any atom is 0.0568 e. The summed E-state index contributed by atoms with van der Waals surface area (Å²) < 4.78 is 2.01. The molecule has 0 aliphatic carbocycles. The van der Waals surface area contributed by atoms with Crippen LogP contribution >= 0.6 is 0 Å². The third kappa shape index (κ3) is 3.36. The van der Waals surface area contributed by atoms with E-state index in [2.05, 4.69) is 32.1 Å². The Balaban J connectivity index is 2.08. The van der Waals surface area contributed by atoms with E-state index < -0.39 is 0 Å². The lowest BCUT2D eigenvalue weighted by atomic mass is 9.92. The lowest BCUT2D eigenvalue weighted by molar-refractivity contribution is 0.341. The van der Waals surface area contributed by atoms with Crippen LogP contribution in [-0.4, -0.2) is 9.78 Å². The van der Waals surface area contributed by atoms with E-state index in [0.29, 0.717) is 5.41 Å². The van der Waals surface area contributed by atoms with Gasteiger partial charge in [0.05, 0.1) is 6.20 Å². The van der Waals surface area contributed by atoms with Crippen molar-refractivity contribution >= 4 is 5.69 Å². The molecular weight excluding hydrogens is 222 g/mol. The van der Waals surface area contributed by atoms with Gasteiger partial charge in [0.15, 0.2) is 0 Å². The van der Waals surface area contributed by atoms with E-state index >= 15 is 0 Å². The van der Waals surface area contributed by atoms with Crippen molar-refractivity contribution < 1.29 is 0 Å². The number of nitrogens with zero attached hydrogens (tertiary/aromatic N) is 2. The van der Waals surface area contributed by atoms with Crippen LogP contribution in [0.3, 0.4) is 0 Å². The fourth-order valence-electron chi connectivity index (χ4n) is 1.76. The van der Waals surface area contributed by atoms with Crippen molar-refractivity contribution in [2.45, 2.75) is 33.7 Å². The van der Waals surface area contributed by atoms with E-state index in [1.54, 1.807) is 0 Å². The van der Waals surface area contributed by atoms with Gasteiger partial charge in [-0.3, -0.25) is 4.68 Å². The van der Waals surface area contributed by atoms with Crippen LogP contribution in [0.4, 0.5) is 5.69 Å². The standard InChI is InChI=1S/C15H21N3/c1-15(2,3)8-9-18-11-13(10-17-18)12-4-6-14(16)7-5-12/h4-7,10-11H,8-9,16H2,1-3H3. The molecule has 0 fully saturated rings. The predicted molar refractivity (Wildman–Crippen MR) is 76.1 cm³/mol. The van der Waals surface area contributed by atoms with Gasteiger partial charge in [0, 0.05) is 24.0 Å². The number of nitrogens with two attached hydrogens (primary N) is 1. The highest BCUT2D eigenvalue weighted by Gasteiger charge is 2.10. The maximum atomic E-state index is 5.68. The normalized spacial score (nSPS) is 11.7. The Labute approximate surface area is 109 Å². The molecule has 0 unspecified atom stereocenters. The number of rotatable bonds is 3. The van der Waals surface area contributed by atoms with E-state index in [1.807, 2.05) is 35.1 Å². The molecule has 0 saturated carbocycles. The number of aromatic nitrogens is 2. The van der Waals surface area contributed by atoms with Crippen molar-refractivity contribution in [1.82, 2.24) is 9.78 Å². The molecule has 1 heterocycles. The van der Waals surface area contributed by atoms with Crippen LogP contribution in [0.15, 0.2) is 36.7 Å². The minimum Gasteiger partial charge on any atom is -0.399 e. The van der Waals surface area contributed by atoms with Crippen LogP contribution in [-0.2, 0) is 6.54 Å². The SMILES string of the molecule is CC(C)(C)CCn1cc(-c2ccc(N)cc2)cn1. The molecule has 2 rings (SSSR count). The summed E-state index contributed by atoms with van der Waals surface area (Å²) in [6.07, 6.45) is 5.13. The number of hydrogen-bond acceptors (Lipinski definition) is 2. The molecule has 2 aromatic rings. The zero-order valence-electron chi connectivity index (χ0n) is 11.4. The van der Waals surface area contributed by atoms with Gasteiger partial charge in [0.2, 0.25) is 0 Å². The molecule has 18 heavy (non-hydrogen) atoms. The Hall–Kier alpha value is -1.77. The van der Waals surface area contributed by atoms with Crippen molar-refractivity contribution in [3.8, 4) is 11.1 Å². The van der Waals surface area contributed by atoms with E-state index in [0.717, 1.165) is 29.8 Å². The van der Waals surface area contributed by atoms with Gasteiger partial charge >= 0.3 is 0 Å². The van der Waals surface area contributed by atoms with Gasteiger partial charge in [-0.1, -0.05) is 32.9 Å². The van der Waals surface area contributed by atoms with Crippen LogP contribution in [0.25, 0.3) is 11.1 Å². The van der Waals surface area contributed by atoms with E-state index in [-0.39, 0.29) is 0 Å². The van der Waals surface area contributed by atoms with Gasteiger partial charge in [-0.15, -0.1) is 0 Å². The maximum absolute atomic E-state index is 5.68. The van der Waals surface area contributed by atoms with Crippen molar-refractivity contribution in [2.24, 2.45) is 5.41 Å². The lowest BCUT2D eigenvalue weighted by Crippen LogP contribution is -2.10. The second kappa shape index (κ2) is 4.84. The predicted octanol–water partition coefficient (Wildman–Crippen LogP) is 3.57. The zero-order chi connectivity index (χ0) is 13.2. The average Bonchev–Trinajstić information content (AvgIpc) is 2.75. The molecule has 1 aromatic heterocycles. The van der Waals surface area contributed by atoms with Crippen molar-refractivity contribution in [1.29, 1.82) is 0 Å². The van der Waals surface area contributed by atoms with Gasteiger partial charge in [-0.05, 0) is 29.5 Å². The Kier molecular flexibility index (Phi) is 3.41. The third-order valence-electron chi connectivity index (χ3n) is 2.97. The fourth-order valence-corrected chi connectivity index (χ4v) is 1.76. The summed E-state index contributed by atoms with van der Waals surface area (Å²) in [6.45, 7) is 7.70. The van der Waals surface area contributed by atoms with Crippen LogP contribution in [0.1, 0.15) is 27.2 Å². The number of anilines is 1. The molecule has 0 spiro atoms. The summed E-state index contributed by atoms with van der Waals surface area (Å²) in [4.78, 5) is 0. The van der Waals surface area contributed by atoms with Crippen LogP contribution in [0.2, 0.25) is 0 Å². The minimum absolute atomic E-state index is 0.341. The summed E-state index contributed by atoms with van der Waals surface area (Å²) in [5.74, 6) is 0. The van der Waals surface area contributed by atoms with Crippen LogP contribution in [0, 0.1) is 5.41 Å². The molecule has 3 heteroatoms. The number of hydrogen-bond donors (Lipinski definition) is 1.